The van der Waals surface area contributed by atoms with Crippen LogP contribution in [0.4, 0.5) is 4.79 Å². The molecule has 1 aliphatic rings. The molecule has 198 valence electrons. The highest BCUT2D eigenvalue weighted by molar-refractivity contribution is 7.05. The van der Waals surface area contributed by atoms with Gasteiger partial charge in [0.2, 0.25) is 12.7 Å². The molecule has 1 amide bonds. The zero-order valence-corrected chi connectivity index (χ0v) is 22.2. The van der Waals surface area contributed by atoms with Crippen molar-refractivity contribution in [2.24, 2.45) is 0 Å². The molecule has 1 aromatic carbocycles. The Bertz CT molecular complexity index is 1210. The molecule has 37 heavy (non-hydrogen) atoms. The Morgan fingerprint density at radius 2 is 2.05 bits per heavy atom. The Labute approximate surface area is 219 Å². The fourth-order valence-corrected chi connectivity index (χ4v) is 4.52. The lowest BCUT2D eigenvalue weighted by atomic mass is 10.0. The van der Waals surface area contributed by atoms with Gasteiger partial charge in [0.05, 0.1) is 6.61 Å². The normalized spacial score (nSPS) is 13.3. The lowest BCUT2D eigenvalue weighted by Gasteiger charge is -2.28. The number of imidazole rings is 1. The summed E-state index contributed by atoms with van der Waals surface area (Å²) in [5.41, 5.74) is 0.236. The number of hydrogen-bond acceptors (Lipinski definition) is 10. The summed E-state index contributed by atoms with van der Waals surface area (Å²) in [5, 5.41) is 0.557. The van der Waals surface area contributed by atoms with E-state index in [0.717, 1.165) is 17.1 Å². The van der Waals surface area contributed by atoms with Gasteiger partial charge in [0.15, 0.2) is 11.5 Å². The predicted molar refractivity (Wildman–Crippen MR) is 135 cm³/mol. The van der Waals surface area contributed by atoms with Crippen LogP contribution in [0.1, 0.15) is 57.0 Å². The fourth-order valence-electron chi connectivity index (χ4n) is 3.74. The van der Waals surface area contributed by atoms with E-state index in [9.17, 15) is 9.59 Å². The standard InChI is InChI=1S/C25H31N5O6S/c1-5-33-22(31)18(21-27-23(28-37-21)30-12-10-26-15-30)7-6-11-29(24(32)36-25(2,3)4)14-17-8-9-19-20(13-17)35-16-34-19/h8-10,12-13,15,18H,5-7,11,14,16H2,1-4H3. The topological polar surface area (TPSA) is 118 Å². The largest absolute Gasteiger partial charge is 0.465 e. The molecule has 0 aliphatic carbocycles. The van der Waals surface area contributed by atoms with Crippen molar-refractivity contribution in [1.82, 2.24) is 23.8 Å². The van der Waals surface area contributed by atoms with Gasteiger partial charge in [0.25, 0.3) is 0 Å². The molecule has 1 atom stereocenters. The van der Waals surface area contributed by atoms with Gasteiger partial charge in [-0.15, -0.1) is 0 Å². The number of aromatic nitrogens is 4. The van der Waals surface area contributed by atoms with Gasteiger partial charge in [-0.2, -0.15) is 4.37 Å². The van der Waals surface area contributed by atoms with Crippen LogP contribution in [0.3, 0.4) is 0 Å². The molecule has 1 aliphatic heterocycles. The highest BCUT2D eigenvalue weighted by Crippen LogP contribution is 2.33. The monoisotopic (exact) mass is 529 g/mol. The molecule has 0 N–H and O–H groups in total. The summed E-state index contributed by atoms with van der Waals surface area (Å²) in [6.45, 7) is 8.37. The van der Waals surface area contributed by atoms with E-state index in [2.05, 4.69) is 14.3 Å². The van der Waals surface area contributed by atoms with Crippen molar-refractivity contribution in [3.63, 3.8) is 0 Å². The molecular formula is C25H31N5O6S. The summed E-state index contributed by atoms with van der Waals surface area (Å²) in [6.07, 6.45) is 5.48. The minimum atomic E-state index is -0.645. The zero-order valence-electron chi connectivity index (χ0n) is 21.4. The second kappa shape index (κ2) is 11.6. The number of nitrogens with zero attached hydrogens (tertiary/aromatic N) is 5. The highest BCUT2D eigenvalue weighted by Gasteiger charge is 2.28. The maximum absolute atomic E-state index is 13.0. The van der Waals surface area contributed by atoms with Crippen molar-refractivity contribution >= 4 is 23.6 Å². The number of amides is 1. The second-order valence-electron chi connectivity index (χ2n) is 9.44. The van der Waals surface area contributed by atoms with Crippen molar-refractivity contribution < 1.29 is 28.5 Å². The molecule has 0 radical (unpaired) electrons. The smallest absolute Gasteiger partial charge is 0.410 e. The first-order chi connectivity index (χ1) is 17.7. The van der Waals surface area contributed by atoms with E-state index in [1.165, 1.54) is 0 Å². The minimum Gasteiger partial charge on any atom is -0.465 e. The number of carbonyl (C=O) groups excluding carboxylic acids is 2. The summed E-state index contributed by atoms with van der Waals surface area (Å²) < 4.78 is 27.9. The third-order valence-electron chi connectivity index (χ3n) is 5.42. The Morgan fingerprint density at radius 1 is 1.24 bits per heavy atom. The molecule has 3 aromatic rings. The van der Waals surface area contributed by atoms with E-state index in [4.69, 9.17) is 18.9 Å². The Morgan fingerprint density at radius 3 is 2.78 bits per heavy atom. The second-order valence-corrected chi connectivity index (χ2v) is 10.2. The van der Waals surface area contributed by atoms with E-state index in [0.29, 0.717) is 48.4 Å². The SMILES string of the molecule is CCOC(=O)C(CCCN(Cc1ccc2c(c1)OCO2)C(=O)OC(C)(C)C)c1nc(-n2ccnc2)ns1. The molecule has 0 fully saturated rings. The third kappa shape index (κ3) is 6.97. The van der Waals surface area contributed by atoms with Crippen molar-refractivity contribution in [3.05, 3.63) is 47.5 Å². The van der Waals surface area contributed by atoms with E-state index < -0.39 is 17.6 Å². The Balaban J connectivity index is 1.47. The molecule has 0 spiro atoms. The summed E-state index contributed by atoms with van der Waals surface area (Å²) in [4.78, 5) is 36.0. The first-order valence-electron chi connectivity index (χ1n) is 12.1. The molecule has 1 unspecified atom stereocenters. The molecule has 4 rings (SSSR count). The van der Waals surface area contributed by atoms with Gasteiger partial charge in [0.1, 0.15) is 22.9 Å². The van der Waals surface area contributed by atoms with Crippen molar-refractivity contribution in [2.45, 2.75) is 58.6 Å². The van der Waals surface area contributed by atoms with Crippen LogP contribution in [-0.4, -0.2) is 61.4 Å². The first-order valence-corrected chi connectivity index (χ1v) is 12.9. The maximum atomic E-state index is 13.0. The molecule has 12 heteroatoms. The number of ether oxygens (including phenoxy) is 4. The maximum Gasteiger partial charge on any atom is 0.410 e. The number of esters is 1. The minimum absolute atomic E-state index is 0.179. The summed E-state index contributed by atoms with van der Waals surface area (Å²) in [6, 6.07) is 5.58. The van der Waals surface area contributed by atoms with Crippen LogP contribution in [0, 0.1) is 0 Å². The van der Waals surface area contributed by atoms with Gasteiger partial charge in [-0.1, -0.05) is 6.07 Å². The first kappa shape index (κ1) is 26.4. The number of rotatable bonds is 10. The van der Waals surface area contributed by atoms with Crippen LogP contribution in [0.15, 0.2) is 36.9 Å². The van der Waals surface area contributed by atoms with Crippen LogP contribution in [0.5, 0.6) is 11.5 Å². The number of fused-ring (bicyclic) bond motifs is 1. The predicted octanol–water partition coefficient (Wildman–Crippen LogP) is 4.32. The number of hydrogen-bond donors (Lipinski definition) is 0. The summed E-state index contributed by atoms with van der Waals surface area (Å²) in [5.74, 6) is 0.812. The van der Waals surface area contributed by atoms with Crippen LogP contribution in [0.25, 0.3) is 5.95 Å². The van der Waals surface area contributed by atoms with Crippen LogP contribution in [0.2, 0.25) is 0 Å². The van der Waals surface area contributed by atoms with Gasteiger partial charge < -0.3 is 23.8 Å². The van der Waals surface area contributed by atoms with Crippen molar-refractivity contribution in [2.75, 3.05) is 19.9 Å². The van der Waals surface area contributed by atoms with Gasteiger partial charge in [-0.25, -0.2) is 14.8 Å². The molecule has 3 heterocycles. The fraction of sp³-hybridized carbons (Fsp3) is 0.480. The molecule has 0 saturated carbocycles. The van der Waals surface area contributed by atoms with Gasteiger partial charge >= 0.3 is 12.1 Å². The molecule has 11 nitrogen and oxygen atoms in total. The van der Waals surface area contributed by atoms with E-state index >= 15 is 0 Å². The molecule has 2 aromatic heterocycles. The van der Waals surface area contributed by atoms with Gasteiger partial charge in [0, 0.05) is 25.5 Å². The summed E-state index contributed by atoms with van der Waals surface area (Å²) in [7, 11) is 0. The van der Waals surface area contributed by atoms with Crippen LogP contribution >= 0.6 is 11.5 Å². The average Bonchev–Trinajstić information content (AvgIpc) is 3.61. The molecule has 0 saturated heterocycles. The lowest BCUT2D eigenvalue weighted by Crippen LogP contribution is -2.37. The highest BCUT2D eigenvalue weighted by atomic mass is 32.1. The van der Waals surface area contributed by atoms with E-state index in [1.807, 2.05) is 39.0 Å². The summed E-state index contributed by atoms with van der Waals surface area (Å²) >= 11 is 1.16. The van der Waals surface area contributed by atoms with Crippen LogP contribution < -0.4 is 9.47 Å². The Kier molecular flexibility index (Phi) is 8.27. The van der Waals surface area contributed by atoms with Crippen LogP contribution in [-0.2, 0) is 20.8 Å². The number of carbonyl (C=O) groups is 2. The third-order valence-corrected chi connectivity index (χ3v) is 6.24. The zero-order chi connectivity index (χ0) is 26.4. The lowest BCUT2D eigenvalue weighted by molar-refractivity contribution is -0.145. The average molecular weight is 530 g/mol. The van der Waals surface area contributed by atoms with Gasteiger partial charge in [-0.3, -0.25) is 9.36 Å². The molecule has 0 bridgehead atoms. The quantitative estimate of drug-likeness (QED) is 0.354. The van der Waals surface area contributed by atoms with Crippen molar-refractivity contribution in [3.8, 4) is 17.4 Å². The van der Waals surface area contributed by atoms with E-state index in [-0.39, 0.29) is 19.4 Å². The van der Waals surface area contributed by atoms with Crippen molar-refractivity contribution in [1.29, 1.82) is 0 Å². The Hall–Kier alpha value is -3.67. The number of benzene rings is 1. The molecular weight excluding hydrogens is 498 g/mol. The van der Waals surface area contributed by atoms with Gasteiger partial charge in [-0.05, 0) is 69.8 Å². The van der Waals surface area contributed by atoms with E-state index in [1.54, 1.807) is 35.1 Å².